The number of aromatic amines is 1. The molecule has 0 spiro atoms. The van der Waals surface area contributed by atoms with E-state index in [-0.39, 0.29) is 5.69 Å². The number of rotatable bonds is 6. The van der Waals surface area contributed by atoms with Gasteiger partial charge in [-0.05, 0) is 30.3 Å². The largest absolute Gasteiger partial charge is 0.451 e. The van der Waals surface area contributed by atoms with Gasteiger partial charge < -0.3 is 10.1 Å². The van der Waals surface area contributed by atoms with Crippen LogP contribution in [0, 0.1) is 0 Å². The average molecular weight is 403 g/mol. The molecule has 0 saturated heterocycles. The van der Waals surface area contributed by atoms with Gasteiger partial charge in [-0.3, -0.25) is 9.89 Å². The number of H-pyrrole nitrogens is 1. The van der Waals surface area contributed by atoms with Gasteiger partial charge in [-0.2, -0.15) is 5.10 Å². The summed E-state index contributed by atoms with van der Waals surface area (Å²) in [5.41, 5.74) is 1.55. The normalized spacial score (nSPS) is 10.6. The van der Waals surface area contributed by atoms with Crippen LogP contribution in [0.3, 0.4) is 0 Å². The lowest BCUT2D eigenvalue weighted by atomic mass is 10.2. The number of nitrogens with zero attached hydrogens (tertiary/aromatic N) is 1. The number of hydrogen-bond acceptors (Lipinski definition) is 5. The maximum Gasteiger partial charge on any atom is 0.359 e. The Morgan fingerprint density at radius 3 is 2.52 bits per heavy atom. The van der Waals surface area contributed by atoms with Gasteiger partial charge in [0.25, 0.3) is 5.91 Å². The van der Waals surface area contributed by atoms with Crippen LogP contribution in [-0.2, 0) is 9.53 Å². The molecule has 1 amide bonds. The van der Waals surface area contributed by atoms with E-state index in [1.165, 1.54) is 0 Å². The van der Waals surface area contributed by atoms with E-state index in [9.17, 15) is 9.59 Å². The predicted molar refractivity (Wildman–Crippen MR) is 112 cm³/mol. The van der Waals surface area contributed by atoms with Crippen molar-refractivity contribution in [3.05, 3.63) is 84.6 Å². The number of carbonyl (C=O) groups excluding carboxylic acids is 2. The summed E-state index contributed by atoms with van der Waals surface area (Å²) in [6.45, 7) is -0.398. The van der Waals surface area contributed by atoms with Crippen molar-refractivity contribution in [1.29, 1.82) is 0 Å². The third-order valence-corrected chi connectivity index (χ3v) is 5.21. The number of nitrogens with one attached hydrogen (secondary N) is 2. The van der Waals surface area contributed by atoms with Crippen LogP contribution in [0.25, 0.3) is 10.9 Å². The summed E-state index contributed by atoms with van der Waals surface area (Å²) in [4.78, 5) is 26.6. The number of para-hydroxylation sites is 2. The lowest BCUT2D eigenvalue weighted by molar-refractivity contribution is -0.119. The molecule has 0 saturated carbocycles. The van der Waals surface area contributed by atoms with Crippen LogP contribution in [-0.4, -0.2) is 28.7 Å². The molecule has 1 heterocycles. The fraction of sp³-hybridized carbons (Fsp3) is 0.0455. The number of benzene rings is 3. The number of amides is 1. The third kappa shape index (κ3) is 4.47. The molecule has 0 radical (unpaired) electrons. The van der Waals surface area contributed by atoms with Gasteiger partial charge in [-0.1, -0.05) is 60.3 Å². The second-order valence-electron chi connectivity index (χ2n) is 6.15. The van der Waals surface area contributed by atoms with Crippen molar-refractivity contribution in [3.8, 4) is 0 Å². The Balaban J connectivity index is 1.39. The number of carbonyl (C=O) groups is 2. The van der Waals surface area contributed by atoms with Gasteiger partial charge >= 0.3 is 5.97 Å². The summed E-state index contributed by atoms with van der Waals surface area (Å²) in [5.74, 6) is -1.07. The first-order valence-corrected chi connectivity index (χ1v) is 9.74. The van der Waals surface area contributed by atoms with Crippen LogP contribution in [0.15, 0.2) is 88.7 Å². The minimum Gasteiger partial charge on any atom is -0.451 e. The highest BCUT2D eigenvalue weighted by molar-refractivity contribution is 7.99. The quantitative estimate of drug-likeness (QED) is 0.463. The standard InChI is InChI=1S/C22H17N3O3S/c26-20(14-28-22(27)21-16-10-4-5-11-17(16)24-25-21)23-18-12-6-7-13-19(18)29-15-8-2-1-3-9-15/h1-13H,14H2,(H,23,26)(H,24,25). The first-order chi connectivity index (χ1) is 14.2. The number of aromatic nitrogens is 2. The van der Waals surface area contributed by atoms with Crippen LogP contribution in [0.4, 0.5) is 5.69 Å². The van der Waals surface area contributed by atoms with Gasteiger partial charge in [-0.15, -0.1) is 0 Å². The SMILES string of the molecule is O=C(COC(=O)c1n[nH]c2ccccc12)Nc1ccccc1Sc1ccccc1. The van der Waals surface area contributed by atoms with E-state index in [1.54, 1.807) is 17.8 Å². The third-order valence-electron chi connectivity index (χ3n) is 4.13. The smallest absolute Gasteiger partial charge is 0.359 e. The highest BCUT2D eigenvalue weighted by Gasteiger charge is 2.17. The molecule has 29 heavy (non-hydrogen) atoms. The minimum atomic E-state index is -0.649. The van der Waals surface area contributed by atoms with Crippen molar-refractivity contribution in [3.63, 3.8) is 0 Å². The minimum absolute atomic E-state index is 0.161. The van der Waals surface area contributed by atoms with Crippen molar-refractivity contribution < 1.29 is 14.3 Å². The van der Waals surface area contributed by atoms with E-state index in [1.807, 2.05) is 72.8 Å². The molecule has 0 aliphatic rings. The van der Waals surface area contributed by atoms with Gasteiger partial charge in [-0.25, -0.2) is 4.79 Å². The zero-order valence-corrected chi connectivity index (χ0v) is 16.1. The molecule has 6 nitrogen and oxygen atoms in total. The summed E-state index contributed by atoms with van der Waals surface area (Å²) in [7, 11) is 0. The maximum absolute atomic E-state index is 12.3. The van der Waals surface area contributed by atoms with Crippen LogP contribution >= 0.6 is 11.8 Å². The summed E-state index contributed by atoms with van der Waals surface area (Å²) >= 11 is 1.54. The second-order valence-corrected chi connectivity index (χ2v) is 7.27. The molecule has 0 unspecified atom stereocenters. The van der Waals surface area contributed by atoms with Crippen molar-refractivity contribution in [2.45, 2.75) is 9.79 Å². The molecule has 0 aliphatic heterocycles. The zero-order valence-electron chi connectivity index (χ0n) is 15.3. The van der Waals surface area contributed by atoms with Gasteiger partial charge in [0.1, 0.15) is 0 Å². The maximum atomic E-state index is 12.3. The topological polar surface area (TPSA) is 84.1 Å². The monoisotopic (exact) mass is 403 g/mol. The second kappa shape index (κ2) is 8.62. The Morgan fingerprint density at radius 1 is 0.931 bits per heavy atom. The fourth-order valence-electron chi connectivity index (χ4n) is 2.78. The molecule has 3 aromatic carbocycles. The number of hydrogen-bond donors (Lipinski definition) is 2. The summed E-state index contributed by atoms with van der Waals surface area (Å²) < 4.78 is 5.15. The molecular formula is C22H17N3O3S. The van der Waals surface area contributed by atoms with Crippen molar-refractivity contribution in [2.75, 3.05) is 11.9 Å². The van der Waals surface area contributed by atoms with E-state index in [0.717, 1.165) is 15.3 Å². The van der Waals surface area contributed by atoms with Crippen molar-refractivity contribution in [2.24, 2.45) is 0 Å². The Labute approximate surface area is 171 Å². The van der Waals surface area contributed by atoms with E-state index < -0.39 is 18.5 Å². The number of anilines is 1. The summed E-state index contributed by atoms with van der Waals surface area (Å²) in [6.07, 6.45) is 0. The van der Waals surface area contributed by atoms with Gasteiger partial charge in [0, 0.05) is 15.2 Å². The van der Waals surface area contributed by atoms with E-state index in [2.05, 4.69) is 15.5 Å². The first kappa shape index (κ1) is 18.8. The molecule has 4 rings (SSSR count). The van der Waals surface area contributed by atoms with Crippen LogP contribution in [0.1, 0.15) is 10.5 Å². The summed E-state index contributed by atoms with van der Waals surface area (Å²) in [6, 6.07) is 24.6. The molecule has 4 aromatic rings. The Hall–Kier alpha value is -3.58. The molecule has 0 aliphatic carbocycles. The van der Waals surface area contributed by atoms with Gasteiger partial charge in [0.15, 0.2) is 12.3 Å². The number of fused-ring (bicyclic) bond motifs is 1. The molecule has 0 fully saturated rings. The van der Waals surface area contributed by atoms with Gasteiger partial charge in [0.05, 0.1) is 11.2 Å². The zero-order chi connectivity index (χ0) is 20.1. The van der Waals surface area contributed by atoms with Crippen LogP contribution < -0.4 is 5.32 Å². The molecule has 0 atom stereocenters. The lowest BCUT2D eigenvalue weighted by Gasteiger charge is -2.11. The predicted octanol–water partition coefficient (Wildman–Crippen LogP) is 4.51. The van der Waals surface area contributed by atoms with Crippen LogP contribution in [0.5, 0.6) is 0 Å². The number of ether oxygens (including phenoxy) is 1. The highest BCUT2D eigenvalue weighted by Crippen LogP contribution is 2.33. The van der Waals surface area contributed by atoms with Crippen LogP contribution in [0.2, 0.25) is 0 Å². The van der Waals surface area contributed by atoms with E-state index in [0.29, 0.717) is 11.1 Å². The van der Waals surface area contributed by atoms with Gasteiger partial charge in [0.2, 0.25) is 0 Å². The lowest BCUT2D eigenvalue weighted by Crippen LogP contribution is -2.21. The summed E-state index contributed by atoms with van der Waals surface area (Å²) in [5, 5.41) is 10.2. The molecular weight excluding hydrogens is 386 g/mol. The van der Waals surface area contributed by atoms with Crippen molar-refractivity contribution in [1.82, 2.24) is 10.2 Å². The Morgan fingerprint density at radius 2 is 1.66 bits per heavy atom. The molecule has 0 bridgehead atoms. The highest BCUT2D eigenvalue weighted by atomic mass is 32.2. The number of esters is 1. The molecule has 1 aromatic heterocycles. The molecule has 2 N–H and O–H groups in total. The first-order valence-electron chi connectivity index (χ1n) is 8.93. The van der Waals surface area contributed by atoms with E-state index >= 15 is 0 Å². The fourth-order valence-corrected chi connectivity index (χ4v) is 3.70. The van der Waals surface area contributed by atoms with E-state index in [4.69, 9.17) is 4.74 Å². The molecule has 144 valence electrons. The van der Waals surface area contributed by atoms with Crippen molar-refractivity contribution >= 4 is 40.2 Å². The average Bonchev–Trinajstić information content (AvgIpc) is 3.18. The Kier molecular flexibility index (Phi) is 5.58. The molecule has 7 heteroatoms. The Bertz CT molecular complexity index is 1160.